The molecule has 0 aliphatic carbocycles. The number of halogens is 1. The zero-order chi connectivity index (χ0) is 11.3. The molecule has 0 radical (unpaired) electrons. The minimum absolute atomic E-state index is 0.781. The molecule has 84 valence electrons. The van der Waals surface area contributed by atoms with Crippen LogP contribution in [0, 0.1) is 6.92 Å². The van der Waals surface area contributed by atoms with Crippen molar-refractivity contribution in [3.63, 3.8) is 0 Å². The topological polar surface area (TPSA) is 29.3 Å². The molecule has 0 heterocycles. The van der Waals surface area contributed by atoms with Gasteiger partial charge in [-0.2, -0.15) is 0 Å². The molecule has 0 aliphatic heterocycles. The molecule has 3 heteroatoms. The van der Waals surface area contributed by atoms with Gasteiger partial charge in [0.1, 0.15) is 0 Å². The van der Waals surface area contributed by atoms with Crippen LogP contribution in [0.5, 0.6) is 0 Å². The van der Waals surface area contributed by atoms with Crippen LogP contribution in [0.3, 0.4) is 0 Å². The molecule has 2 nitrogen and oxygen atoms in total. The Balaban J connectivity index is 2.61. The number of nitrogens with two attached hydrogens (primary N) is 1. The summed E-state index contributed by atoms with van der Waals surface area (Å²) in [4.78, 5) is 2.26. The van der Waals surface area contributed by atoms with E-state index in [1.807, 2.05) is 0 Å². The summed E-state index contributed by atoms with van der Waals surface area (Å²) in [6.07, 6.45) is 2.24. The standard InChI is InChI=1S/C12H19BrN2/c1-10-5-6-12(11(13)9-10)15(2)8-4-3-7-14/h5-6,9H,3-4,7-8,14H2,1-2H3. The normalized spacial score (nSPS) is 10.4. The predicted octanol–water partition coefficient (Wildman–Crippen LogP) is 2.93. The summed E-state index contributed by atoms with van der Waals surface area (Å²) in [5, 5.41) is 0. The van der Waals surface area contributed by atoms with Crippen LogP contribution in [0.25, 0.3) is 0 Å². The van der Waals surface area contributed by atoms with Crippen LogP contribution in [0.4, 0.5) is 5.69 Å². The average molecular weight is 271 g/mol. The van der Waals surface area contributed by atoms with Crippen molar-refractivity contribution in [1.82, 2.24) is 0 Å². The van der Waals surface area contributed by atoms with Crippen LogP contribution in [0.2, 0.25) is 0 Å². The van der Waals surface area contributed by atoms with Gasteiger partial charge in [-0.05, 0) is 59.9 Å². The van der Waals surface area contributed by atoms with Crippen LogP contribution in [-0.2, 0) is 0 Å². The van der Waals surface area contributed by atoms with Gasteiger partial charge in [-0.3, -0.25) is 0 Å². The lowest BCUT2D eigenvalue weighted by atomic mass is 10.2. The van der Waals surface area contributed by atoms with Gasteiger partial charge < -0.3 is 10.6 Å². The Labute approximate surface area is 101 Å². The van der Waals surface area contributed by atoms with Gasteiger partial charge in [0, 0.05) is 18.1 Å². The Kier molecular flexibility index (Phi) is 5.12. The van der Waals surface area contributed by atoms with Gasteiger partial charge >= 0.3 is 0 Å². The first-order valence-electron chi connectivity index (χ1n) is 5.32. The van der Waals surface area contributed by atoms with Crippen LogP contribution in [0.15, 0.2) is 22.7 Å². The largest absolute Gasteiger partial charge is 0.374 e. The molecule has 1 rings (SSSR count). The molecule has 0 spiro atoms. The van der Waals surface area contributed by atoms with E-state index >= 15 is 0 Å². The number of unbranched alkanes of at least 4 members (excludes halogenated alkanes) is 1. The molecule has 15 heavy (non-hydrogen) atoms. The molecule has 0 fully saturated rings. The molecule has 0 amide bonds. The predicted molar refractivity (Wildman–Crippen MR) is 70.4 cm³/mol. The number of benzene rings is 1. The van der Waals surface area contributed by atoms with Crippen LogP contribution in [-0.4, -0.2) is 20.1 Å². The fourth-order valence-electron chi connectivity index (χ4n) is 1.54. The van der Waals surface area contributed by atoms with Gasteiger partial charge in [0.05, 0.1) is 5.69 Å². The zero-order valence-electron chi connectivity index (χ0n) is 9.46. The average Bonchev–Trinajstić information content (AvgIpc) is 2.17. The summed E-state index contributed by atoms with van der Waals surface area (Å²) in [5.41, 5.74) is 8.00. The number of nitrogens with zero attached hydrogens (tertiary/aromatic N) is 1. The highest BCUT2D eigenvalue weighted by Gasteiger charge is 2.04. The number of hydrogen-bond donors (Lipinski definition) is 1. The maximum atomic E-state index is 5.48. The first kappa shape index (κ1) is 12.5. The Bertz CT molecular complexity index is 312. The van der Waals surface area contributed by atoms with Crippen molar-refractivity contribution in [3.05, 3.63) is 28.2 Å². The van der Waals surface area contributed by atoms with Gasteiger partial charge in [0.2, 0.25) is 0 Å². The highest BCUT2D eigenvalue weighted by atomic mass is 79.9. The molecule has 0 aliphatic rings. The fourth-order valence-corrected chi connectivity index (χ4v) is 2.33. The number of aryl methyl sites for hydroxylation is 1. The molecule has 0 saturated heterocycles. The summed E-state index contributed by atoms with van der Waals surface area (Å²) in [6.45, 7) is 3.94. The third-order valence-corrected chi connectivity index (χ3v) is 3.10. The van der Waals surface area contributed by atoms with Crippen LogP contribution >= 0.6 is 15.9 Å². The lowest BCUT2D eigenvalue weighted by Gasteiger charge is -2.20. The zero-order valence-corrected chi connectivity index (χ0v) is 11.0. The molecule has 0 bridgehead atoms. The monoisotopic (exact) mass is 270 g/mol. The maximum Gasteiger partial charge on any atom is 0.0508 e. The highest BCUT2D eigenvalue weighted by Crippen LogP contribution is 2.26. The molecule has 2 N–H and O–H groups in total. The molecule has 1 aromatic rings. The Morgan fingerprint density at radius 2 is 2.07 bits per heavy atom. The van der Waals surface area contributed by atoms with Gasteiger partial charge in [0.25, 0.3) is 0 Å². The third kappa shape index (κ3) is 3.84. The van der Waals surface area contributed by atoms with Gasteiger partial charge in [-0.25, -0.2) is 0 Å². The first-order valence-corrected chi connectivity index (χ1v) is 6.12. The second-order valence-corrected chi connectivity index (χ2v) is 4.73. The van der Waals surface area contributed by atoms with E-state index in [4.69, 9.17) is 5.73 Å². The minimum Gasteiger partial charge on any atom is -0.374 e. The third-order valence-electron chi connectivity index (χ3n) is 2.46. The minimum atomic E-state index is 0.781. The van der Waals surface area contributed by atoms with Crippen molar-refractivity contribution in [2.75, 3.05) is 25.0 Å². The SMILES string of the molecule is Cc1ccc(N(C)CCCCN)c(Br)c1. The van der Waals surface area contributed by atoms with Crippen molar-refractivity contribution in [3.8, 4) is 0 Å². The van der Waals surface area contributed by atoms with E-state index < -0.39 is 0 Å². The Hall–Kier alpha value is -0.540. The molecule has 0 aromatic heterocycles. The van der Waals surface area contributed by atoms with E-state index in [1.54, 1.807) is 0 Å². The molecular weight excluding hydrogens is 252 g/mol. The summed E-state index contributed by atoms with van der Waals surface area (Å²) in [6, 6.07) is 6.44. The fraction of sp³-hybridized carbons (Fsp3) is 0.500. The quantitative estimate of drug-likeness (QED) is 0.834. The van der Waals surface area contributed by atoms with Gasteiger partial charge in [-0.15, -0.1) is 0 Å². The molecular formula is C12H19BrN2. The van der Waals surface area contributed by atoms with Crippen molar-refractivity contribution in [2.24, 2.45) is 5.73 Å². The molecule has 0 atom stereocenters. The number of anilines is 1. The smallest absolute Gasteiger partial charge is 0.0508 e. The van der Waals surface area contributed by atoms with Gasteiger partial charge in [-0.1, -0.05) is 6.07 Å². The van der Waals surface area contributed by atoms with Gasteiger partial charge in [0.15, 0.2) is 0 Å². The molecule has 1 aromatic carbocycles. The van der Waals surface area contributed by atoms with E-state index in [1.165, 1.54) is 11.3 Å². The summed E-state index contributed by atoms with van der Waals surface area (Å²) < 4.78 is 1.16. The molecule has 0 saturated carbocycles. The second-order valence-electron chi connectivity index (χ2n) is 3.87. The number of rotatable bonds is 5. The van der Waals surface area contributed by atoms with Crippen LogP contribution in [0.1, 0.15) is 18.4 Å². The highest BCUT2D eigenvalue weighted by molar-refractivity contribution is 9.10. The van der Waals surface area contributed by atoms with E-state index in [-0.39, 0.29) is 0 Å². The lowest BCUT2D eigenvalue weighted by molar-refractivity contribution is 0.727. The van der Waals surface area contributed by atoms with E-state index in [9.17, 15) is 0 Å². The van der Waals surface area contributed by atoms with Crippen LogP contribution < -0.4 is 10.6 Å². The van der Waals surface area contributed by atoms with Crippen molar-refractivity contribution in [2.45, 2.75) is 19.8 Å². The lowest BCUT2D eigenvalue weighted by Crippen LogP contribution is -2.19. The summed E-state index contributed by atoms with van der Waals surface area (Å²) in [7, 11) is 2.12. The maximum absolute atomic E-state index is 5.48. The van der Waals surface area contributed by atoms with E-state index in [0.29, 0.717) is 0 Å². The summed E-state index contributed by atoms with van der Waals surface area (Å²) >= 11 is 3.59. The van der Waals surface area contributed by atoms with E-state index in [2.05, 4.69) is 53.0 Å². The second kappa shape index (κ2) is 6.13. The summed E-state index contributed by atoms with van der Waals surface area (Å²) in [5.74, 6) is 0. The molecule has 0 unspecified atom stereocenters. The Morgan fingerprint density at radius 3 is 2.67 bits per heavy atom. The van der Waals surface area contributed by atoms with E-state index in [0.717, 1.165) is 30.4 Å². The van der Waals surface area contributed by atoms with Crippen molar-refractivity contribution < 1.29 is 0 Å². The first-order chi connectivity index (χ1) is 7.15. The van der Waals surface area contributed by atoms with Crippen molar-refractivity contribution >= 4 is 21.6 Å². The number of hydrogen-bond acceptors (Lipinski definition) is 2. The Morgan fingerprint density at radius 1 is 1.33 bits per heavy atom. The van der Waals surface area contributed by atoms with Crippen molar-refractivity contribution in [1.29, 1.82) is 0 Å².